The summed E-state index contributed by atoms with van der Waals surface area (Å²) in [4.78, 5) is 39.8. The maximum atomic E-state index is 13.4. The van der Waals surface area contributed by atoms with Gasteiger partial charge in [0.05, 0.1) is 5.69 Å². The lowest BCUT2D eigenvalue weighted by Crippen LogP contribution is -2.54. The number of carbonyl (C=O) groups is 3. The van der Waals surface area contributed by atoms with Crippen LogP contribution in [0.15, 0.2) is 90.5 Å². The second-order valence-electron chi connectivity index (χ2n) is 8.41. The number of carbonyl (C=O) groups excluding carboxylic acids is 3. The zero-order valence-corrected chi connectivity index (χ0v) is 20.1. The fourth-order valence-corrected chi connectivity index (χ4v) is 4.22. The first-order valence-electron chi connectivity index (χ1n) is 11.3. The topological polar surface area (TPSA) is 75.7 Å². The SMILES string of the molecule is Cc1cccc(N2C(=O)NC(=O)/C(=C\c3c(OCc4ccc(Cl)cc4)ccc4ccccc34)C2=O)c1. The van der Waals surface area contributed by atoms with Crippen LogP contribution in [-0.4, -0.2) is 17.8 Å². The van der Waals surface area contributed by atoms with E-state index in [-0.39, 0.29) is 12.2 Å². The van der Waals surface area contributed by atoms with Gasteiger partial charge in [-0.25, -0.2) is 9.69 Å². The fourth-order valence-electron chi connectivity index (χ4n) is 4.10. The highest BCUT2D eigenvalue weighted by Crippen LogP contribution is 2.32. The highest BCUT2D eigenvalue weighted by atomic mass is 35.5. The zero-order chi connectivity index (χ0) is 25.2. The monoisotopic (exact) mass is 496 g/mol. The number of nitrogens with one attached hydrogen (secondary N) is 1. The molecule has 0 unspecified atom stereocenters. The van der Waals surface area contributed by atoms with Crippen molar-refractivity contribution in [3.8, 4) is 5.75 Å². The predicted octanol–water partition coefficient (Wildman–Crippen LogP) is 6.05. The maximum Gasteiger partial charge on any atom is 0.335 e. The molecule has 1 N–H and O–H groups in total. The molecule has 36 heavy (non-hydrogen) atoms. The number of ether oxygens (including phenoxy) is 1. The molecular formula is C29H21ClN2O4. The molecule has 0 spiro atoms. The van der Waals surface area contributed by atoms with Gasteiger partial charge in [0.1, 0.15) is 17.9 Å². The number of hydrogen-bond acceptors (Lipinski definition) is 4. The Balaban J connectivity index is 1.58. The average molecular weight is 497 g/mol. The van der Waals surface area contributed by atoms with Crippen LogP contribution in [0.25, 0.3) is 16.8 Å². The van der Waals surface area contributed by atoms with E-state index < -0.39 is 17.8 Å². The zero-order valence-electron chi connectivity index (χ0n) is 19.3. The van der Waals surface area contributed by atoms with E-state index in [2.05, 4.69) is 5.32 Å². The first-order chi connectivity index (χ1) is 17.4. The minimum absolute atomic E-state index is 0.163. The lowest BCUT2D eigenvalue weighted by Gasteiger charge is -2.26. The van der Waals surface area contributed by atoms with Gasteiger partial charge in [-0.2, -0.15) is 0 Å². The largest absolute Gasteiger partial charge is 0.488 e. The van der Waals surface area contributed by atoms with Gasteiger partial charge < -0.3 is 4.74 Å². The summed E-state index contributed by atoms with van der Waals surface area (Å²) < 4.78 is 6.12. The Morgan fingerprint density at radius 2 is 1.69 bits per heavy atom. The normalized spacial score (nSPS) is 14.9. The minimum atomic E-state index is -0.787. The predicted molar refractivity (Wildman–Crippen MR) is 140 cm³/mol. The molecule has 1 aliphatic heterocycles. The Bertz CT molecular complexity index is 1540. The van der Waals surface area contributed by atoms with E-state index in [9.17, 15) is 14.4 Å². The molecule has 1 heterocycles. The van der Waals surface area contributed by atoms with Crippen LogP contribution in [0.2, 0.25) is 5.02 Å². The number of rotatable bonds is 5. The van der Waals surface area contributed by atoms with Gasteiger partial charge >= 0.3 is 6.03 Å². The summed E-state index contributed by atoms with van der Waals surface area (Å²) in [5.41, 5.74) is 2.58. The molecule has 1 saturated heterocycles. The van der Waals surface area contributed by atoms with Crippen LogP contribution in [-0.2, 0) is 16.2 Å². The van der Waals surface area contributed by atoms with Crippen LogP contribution >= 0.6 is 11.6 Å². The molecule has 6 nitrogen and oxygen atoms in total. The van der Waals surface area contributed by atoms with Gasteiger partial charge in [0.15, 0.2) is 0 Å². The molecule has 5 rings (SSSR count). The van der Waals surface area contributed by atoms with Crippen LogP contribution in [0, 0.1) is 6.92 Å². The third-order valence-corrected chi connectivity index (χ3v) is 6.14. The molecule has 0 bridgehead atoms. The molecule has 4 amide bonds. The van der Waals surface area contributed by atoms with Gasteiger partial charge in [-0.3, -0.25) is 14.9 Å². The first-order valence-corrected chi connectivity index (χ1v) is 11.7. The summed E-state index contributed by atoms with van der Waals surface area (Å²) in [5, 5.41) is 4.63. The van der Waals surface area contributed by atoms with E-state index in [0.29, 0.717) is 22.0 Å². The summed E-state index contributed by atoms with van der Waals surface area (Å²) in [7, 11) is 0. The Kier molecular flexibility index (Phi) is 6.27. The van der Waals surface area contributed by atoms with E-state index in [4.69, 9.17) is 16.3 Å². The molecule has 0 aliphatic carbocycles. The molecule has 1 aliphatic rings. The van der Waals surface area contributed by atoms with Gasteiger partial charge in [0.2, 0.25) is 0 Å². The number of hydrogen-bond donors (Lipinski definition) is 1. The summed E-state index contributed by atoms with van der Waals surface area (Å²) in [6.45, 7) is 2.12. The van der Waals surface area contributed by atoms with E-state index in [1.165, 1.54) is 6.08 Å². The minimum Gasteiger partial charge on any atom is -0.488 e. The van der Waals surface area contributed by atoms with Crippen molar-refractivity contribution in [2.45, 2.75) is 13.5 Å². The van der Waals surface area contributed by atoms with E-state index in [0.717, 1.165) is 26.8 Å². The number of anilines is 1. The van der Waals surface area contributed by atoms with Gasteiger partial charge in [0.25, 0.3) is 11.8 Å². The molecule has 7 heteroatoms. The van der Waals surface area contributed by atoms with Crippen LogP contribution in [0.3, 0.4) is 0 Å². The number of benzene rings is 4. The first kappa shape index (κ1) is 23.3. The molecule has 178 valence electrons. The number of barbiturate groups is 1. The number of nitrogens with zero attached hydrogens (tertiary/aromatic N) is 1. The quantitative estimate of drug-likeness (QED) is 0.270. The number of amides is 4. The van der Waals surface area contributed by atoms with Crippen molar-refractivity contribution in [1.29, 1.82) is 0 Å². The summed E-state index contributed by atoms with van der Waals surface area (Å²) in [6.07, 6.45) is 1.49. The number of urea groups is 1. The molecule has 0 atom stereocenters. The standard InChI is InChI=1S/C29H21ClN2O4/c1-18-5-4-7-22(15-18)32-28(34)25(27(33)31-29(32)35)16-24-23-8-3-2-6-20(23)11-14-26(24)36-17-19-9-12-21(30)13-10-19/h2-16H,17H2,1H3,(H,31,33,35)/b25-16+. The maximum absolute atomic E-state index is 13.4. The summed E-state index contributed by atoms with van der Waals surface area (Å²) in [6, 6.07) is 24.8. The third-order valence-electron chi connectivity index (χ3n) is 5.89. The summed E-state index contributed by atoms with van der Waals surface area (Å²) in [5.74, 6) is -0.966. The molecule has 0 radical (unpaired) electrons. The van der Waals surface area contributed by atoms with Gasteiger partial charge in [-0.1, -0.05) is 66.2 Å². The number of aryl methyl sites for hydroxylation is 1. The lowest BCUT2D eigenvalue weighted by molar-refractivity contribution is -0.122. The molecule has 1 fully saturated rings. The molecule has 0 aromatic heterocycles. The van der Waals surface area contributed by atoms with Crippen molar-refractivity contribution in [2.24, 2.45) is 0 Å². The van der Waals surface area contributed by atoms with Crippen LogP contribution in [0.5, 0.6) is 5.75 Å². The molecule has 4 aromatic rings. The van der Waals surface area contributed by atoms with Gasteiger partial charge in [-0.05, 0) is 65.2 Å². The van der Waals surface area contributed by atoms with E-state index in [1.807, 2.05) is 55.5 Å². The molecule has 4 aromatic carbocycles. The lowest BCUT2D eigenvalue weighted by atomic mass is 9.99. The summed E-state index contributed by atoms with van der Waals surface area (Å²) >= 11 is 5.98. The number of imide groups is 2. The van der Waals surface area contributed by atoms with Crippen molar-refractivity contribution in [2.75, 3.05) is 4.90 Å². The highest BCUT2D eigenvalue weighted by Gasteiger charge is 2.37. The number of fused-ring (bicyclic) bond motifs is 1. The smallest absolute Gasteiger partial charge is 0.335 e. The van der Waals surface area contributed by atoms with E-state index >= 15 is 0 Å². The van der Waals surface area contributed by atoms with Gasteiger partial charge in [0, 0.05) is 10.6 Å². The van der Waals surface area contributed by atoms with E-state index in [1.54, 1.807) is 36.4 Å². The van der Waals surface area contributed by atoms with Crippen LogP contribution in [0.4, 0.5) is 10.5 Å². The van der Waals surface area contributed by atoms with Gasteiger partial charge in [-0.15, -0.1) is 0 Å². The Labute approximate surface area is 212 Å². The Morgan fingerprint density at radius 1 is 0.917 bits per heavy atom. The van der Waals surface area contributed by atoms with Crippen LogP contribution < -0.4 is 15.0 Å². The average Bonchev–Trinajstić information content (AvgIpc) is 2.86. The Hall–Kier alpha value is -4.42. The fraction of sp³-hybridized carbons (Fsp3) is 0.0690. The molecular weight excluding hydrogens is 476 g/mol. The van der Waals surface area contributed by atoms with Crippen molar-refractivity contribution in [1.82, 2.24) is 5.32 Å². The van der Waals surface area contributed by atoms with Crippen molar-refractivity contribution in [3.63, 3.8) is 0 Å². The van der Waals surface area contributed by atoms with Crippen LogP contribution in [0.1, 0.15) is 16.7 Å². The van der Waals surface area contributed by atoms with Crippen molar-refractivity contribution >= 4 is 52.0 Å². The highest BCUT2D eigenvalue weighted by molar-refractivity contribution is 6.39. The molecule has 0 saturated carbocycles. The second-order valence-corrected chi connectivity index (χ2v) is 8.85. The van der Waals surface area contributed by atoms with Crippen molar-refractivity contribution in [3.05, 3.63) is 112 Å². The third kappa shape index (κ3) is 4.59. The second kappa shape index (κ2) is 9.68. The number of halogens is 1. The Morgan fingerprint density at radius 3 is 2.47 bits per heavy atom. The van der Waals surface area contributed by atoms with Crippen molar-refractivity contribution < 1.29 is 19.1 Å².